The standard InChI is InChI=1S/C22H22O/c1-17(2)19-10-8-18(9-11-19)16-23-22-14-12-21(13-15-22)20-6-4-3-5-7-20/h3-15,17H,16H2,1-2H3. The first-order valence-electron chi connectivity index (χ1n) is 8.09. The van der Waals surface area contributed by atoms with Gasteiger partial charge in [-0.05, 0) is 40.3 Å². The molecule has 1 nitrogen and oxygen atoms in total. The number of ether oxygens (including phenoxy) is 1. The van der Waals surface area contributed by atoms with Crippen molar-refractivity contribution >= 4 is 0 Å². The van der Waals surface area contributed by atoms with E-state index in [4.69, 9.17) is 4.74 Å². The fourth-order valence-electron chi connectivity index (χ4n) is 2.54. The maximum absolute atomic E-state index is 5.88. The summed E-state index contributed by atoms with van der Waals surface area (Å²) in [6, 6.07) is 27.3. The molecule has 0 saturated heterocycles. The van der Waals surface area contributed by atoms with E-state index in [0.29, 0.717) is 12.5 Å². The quantitative estimate of drug-likeness (QED) is 0.557. The molecule has 0 fully saturated rings. The SMILES string of the molecule is CC(C)c1ccc(COc2ccc(-c3ccccc3)cc2)cc1. The van der Waals surface area contributed by atoms with Crippen LogP contribution in [0.1, 0.15) is 30.9 Å². The molecule has 0 saturated carbocycles. The molecule has 0 spiro atoms. The van der Waals surface area contributed by atoms with Crippen molar-refractivity contribution in [3.05, 3.63) is 90.0 Å². The zero-order valence-electron chi connectivity index (χ0n) is 13.7. The molecule has 0 unspecified atom stereocenters. The van der Waals surface area contributed by atoms with Crippen LogP contribution in [0.2, 0.25) is 0 Å². The second-order valence-electron chi connectivity index (χ2n) is 6.08. The van der Waals surface area contributed by atoms with Crippen molar-refractivity contribution in [2.45, 2.75) is 26.4 Å². The molecule has 3 aromatic rings. The molecule has 0 radical (unpaired) electrons. The van der Waals surface area contributed by atoms with Crippen LogP contribution in [0.3, 0.4) is 0 Å². The summed E-state index contributed by atoms with van der Waals surface area (Å²) >= 11 is 0. The molecule has 0 aromatic heterocycles. The van der Waals surface area contributed by atoms with Crippen molar-refractivity contribution in [3.8, 4) is 16.9 Å². The van der Waals surface area contributed by atoms with Crippen molar-refractivity contribution in [1.29, 1.82) is 0 Å². The van der Waals surface area contributed by atoms with E-state index in [2.05, 4.69) is 74.5 Å². The van der Waals surface area contributed by atoms with Crippen LogP contribution in [-0.4, -0.2) is 0 Å². The molecule has 1 heteroatoms. The molecule has 3 aromatic carbocycles. The Kier molecular flexibility index (Phi) is 4.77. The molecule has 0 amide bonds. The van der Waals surface area contributed by atoms with Gasteiger partial charge >= 0.3 is 0 Å². The molecule has 0 N–H and O–H groups in total. The van der Waals surface area contributed by atoms with Crippen molar-refractivity contribution < 1.29 is 4.74 Å². The maximum Gasteiger partial charge on any atom is 0.119 e. The Balaban J connectivity index is 1.62. The van der Waals surface area contributed by atoms with E-state index in [9.17, 15) is 0 Å². The van der Waals surface area contributed by atoms with Gasteiger partial charge in [0.1, 0.15) is 12.4 Å². The van der Waals surface area contributed by atoms with Crippen LogP contribution in [0.15, 0.2) is 78.9 Å². The van der Waals surface area contributed by atoms with Crippen molar-refractivity contribution in [2.75, 3.05) is 0 Å². The minimum atomic E-state index is 0.565. The van der Waals surface area contributed by atoms with Gasteiger partial charge in [-0.15, -0.1) is 0 Å². The Morgan fingerprint density at radius 1 is 0.696 bits per heavy atom. The van der Waals surface area contributed by atoms with Gasteiger partial charge in [-0.3, -0.25) is 0 Å². The molecular weight excluding hydrogens is 280 g/mol. The van der Waals surface area contributed by atoms with Gasteiger partial charge in [0.05, 0.1) is 0 Å². The number of rotatable bonds is 5. The lowest BCUT2D eigenvalue weighted by atomic mass is 10.0. The lowest BCUT2D eigenvalue weighted by molar-refractivity contribution is 0.306. The highest BCUT2D eigenvalue weighted by atomic mass is 16.5. The molecule has 0 heterocycles. The monoisotopic (exact) mass is 302 g/mol. The fourth-order valence-corrected chi connectivity index (χ4v) is 2.54. The largest absolute Gasteiger partial charge is 0.489 e. The van der Waals surface area contributed by atoms with Crippen molar-refractivity contribution in [2.24, 2.45) is 0 Å². The van der Waals surface area contributed by atoms with E-state index in [1.54, 1.807) is 0 Å². The summed E-state index contributed by atoms with van der Waals surface area (Å²) in [5.41, 5.74) is 4.99. The minimum Gasteiger partial charge on any atom is -0.489 e. The molecule has 0 atom stereocenters. The zero-order valence-corrected chi connectivity index (χ0v) is 13.7. The second-order valence-corrected chi connectivity index (χ2v) is 6.08. The predicted molar refractivity (Wildman–Crippen MR) is 96.7 cm³/mol. The highest BCUT2D eigenvalue weighted by Gasteiger charge is 2.01. The first-order valence-corrected chi connectivity index (χ1v) is 8.09. The second kappa shape index (κ2) is 7.15. The van der Waals surface area contributed by atoms with Crippen LogP contribution in [-0.2, 0) is 6.61 Å². The highest BCUT2D eigenvalue weighted by molar-refractivity contribution is 5.63. The summed E-state index contributed by atoms with van der Waals surface area (Å²) in [6.45, 7) is 5.02. The normalized spacial score (nSPS) is 10.7. The smallest absolute Gasteiger partial charge is 0.119 e. The summed E-state index contributed by atoms with van der Waals surface area (Å²) in [5, 5.41) is 0. The molecule has 3 rings (SSSR count). The van der Waals surface area contributed by atoms with Crippen LogP contribution in [0.5, 0.6) is 5.75 Å². The van der Waals surface area contributed by atoms with E-state index in [1.807, 2.05) is 18.2 Å². The topological polar surface area (TPSA) is 9.23 Å². The Labute approximate surface area is 138 Å². The van der Waals surface area contributed by atoms with E-state index < -0.39 is 0 Å². The third-order valence-electron chi connectivity index (χ3n) is 4.01. The summed E-state index contributed by atoms with van der Waals surface area (Å²) in [4.78, 5) is 0. The van der Waals surface area contributed by atoms with Crippen LogP contribution in [0.4, 0.5) is 0 Å². The zero-order chi connectivity index (χ0) is 16.1. The Morgan fingerprint density at radius 2 is 1.30 bits per heavy atom. The summed E-state index contributed by atoms with van der Waals surface area (Å²) in [5.74, 6) is 1.47. The van der Waals surface area contributed by atoms with Gasteiger partial charge in [0.25, 0.3) is 0 Å². The molecule has 116 valence electrons. The number of hydrogen-bond donors (Lipinski definition) is 0. The number of hydrogen-bond acceptors (Lipinski definition) is 1. The maximum atomic E-state index is 5.88. The molecule has 23 heavy (non-hydrogen) atoms. The molecule has 0 aliphatic carbocycles. The van der Waals surface area contributed by atoms with Crippen LogP contribution in [0.25, 0.3) is 11.1 Å². The number of benzene rings is 3. The molecule has 0 bridgehead atoms. The Bertz CT molecular complexity index is 725. The third-order valence-corrected chi connectivity index (χ3v) is 4.01. The first kappa shape index (κ1) is 15.4. The average Bonchev–Trinajstić information content (AvgIpc) is 2.61. The van der Waals surface area contributed by atoms with E-state index in [1.165, 1.54) is 22.3 Å². The predicted octanol–water partition coefficient (Wildman–Crippen LogP) is 6.06. The van der Waals surface area contributed by atoms with Gasteiger partial charge in [0, 0.05) is 0 Å². The van der Waals surface area contributed by atoms with Crippen LogP contribution < -0.4 is 4.74 Å². The average molecular weight is 302 g/mol. The van der Waals surface area contributed by atoms with Gasteiger partial charge in [0.15, 0.2) is 0 Å². The van der Waals surface area contributed by atoms with Gasteiger partial charge in [-0.25, -0.2) is 0 Å². The van der Waals surface area contributed by atoms with Gasteiger partial charge in [-0.1, -0.05) is 80.6 Å². The first-order chi connectivity index (χ1) is 11.2. The summed E-state index contributed by atoms with van der Waals surface area (Å²) < 4.78 is 5.88. The third kappa shape index (κ3) is 4.01. The van der Waals surface area contributed by atoms with Gasteiger partial charge < -0.3 is 4.74 Å². The Hall–Kier alpha value is -2.54. The lowest BCUT2D eigenvalue weighted by Crippen LogP contribution is -1.96. The highest BCUT2D eigenvalue weighted by Crippen LogP contribution is 2.23. The van der Waals surface area contributed by atoms with Gasteiger partial charge in [0.2, 0.25) is 0 Å². The Morgan fingerprint density at radius 3 is 1.91 bits per heavy atom. The molecular formula is C22H22O. The lowest BCUT2D eigenvalue weighted by Gasteiger charge is -2.09. The molecule has 0 aliphatic heterocycles. The molecule has 0 aliphatic rings. The van der Waals surface area contributed by atoms with Crippen LogP contribution in [0, 0.1) is 0 Å². The minimum absolute atomic E-state index is 0.565. The van der Waals surface area contributed by atoms with Crippen molar-refractivity contribution in [3.63, 3.8) is 0 Å². The fraction of sp³-hybridized carbons (Fsp3) is 0.182. The summed E-state index contributed by atoms with van der Waals surface area (Å²) in [6.07, 6.45) is 0. The van der Waals surface area contributed by atoms with E-state index in [-0.39, 0.29) is 0 Å². The van der Waals surface area contributed by atoms with Crippen molar-refractivity contribution in [1.82, 2.24) is 0 Å². The van der Waals surface area contributed by atoms with Crippen LogP contribution >= 0.6 is 0 Å². The van der Waals surface area contributed by atoms with E-state index >= 15 is 0 Å². The summed E-state index contributed by atoms with van der Waals surface area (Å²) in [7, 11) is 0. The van der Waals surface area contributed by atoms with E-state index in [0.717, 1.165) is 5.75 Å². The van der Waals surface area contributed by atoms with Gasteiger partial charge in [-0.2, -0.15) is 0 Å².